The van der Waals surface area contributed by atoms with Crippen LogP contribution in [0, 0.1) is 0 Å². The fourth-order valence-corrected chi connectivity index (χ4v) is 1.54. The van der Waals surface area contributed by atoms with Crippen LogP contribution in [-0.2, 0) is 9.59 Å². The van der Waals surface area contributed by atoms with Crippen molar-refractivity contribution in [2.75, 3.05) is 19.6 Å². The number of hydrogen-bond donors (Lipinski definition) is 1. The van der Waals surface area contributed by atoms with E-state index in [9.17, 15) is 9.59 Å². The number of unbranched alkanes of at least 4 members (excludes halogenated alkanes) is 1. The van der Waals surface area contributed by atoms with E-state index in [0.29, 0.717) is 19.5 Å². The quantitative estimate of drug-likeness (QED) is 0.671. The number of nitrogens with one attached hydrogen (secondary N) is 1. The second-order valence-corrected chi connectivity index (χ2v) is 4.27. The largest absolute Gasteiger partial charge is 0.355 e. The van der Waals surface area contributed by atoms with Crippen LogP contribution in [0.25, 0.3) is 0 Å². The predicted molar refractivity (Wildman–Crippen MR) is 69.7 cm³/mol. The minimum absolute atomic E-state index is 0.0508. The van der Waals surface area contributed by atoms with Gasteiger partial charge < -0.3 is 10.2 Å². The molecule has 0 aromatic rings. The highest BCUT2D eigenvalue weighted by Crippen LogP contribution is 2.01. The zero-order valence-electron chi connectivity index (χ0n) is 11.4. The van der Waals surface area contributed by atoms with Gasteiger partial charge in [-0.15, -0.1) is 0 Å². The van der Waals surface area contributed by atoms with Crippen LogP contribution in [0.15, 0.2) is 0 Å². The first kappa shape index (κ1) is 15.9. The molecule has 0 rings (SSSR count). The Labute approximate surface area is 105 Å². The highest BCUT2D eigenvalue weighted by molar-refractivity contribution is 5.84. The third-order valence-corrected chi connectivity index (χ3v) is 2.50. The van der Waals surface area contributed by atoms with Gasteiger partial charge in [-0.2, -0.15) is 0 Å². The van der Waals surface area contributed by atoms with Gasteiger partial charge in [0.25, 0.3) is 0 Å². The van der Waals surface area contributed by atoms with Crippen LogP contribution in [-0.4, -0.2) is 36.3 Å². The number of carbonyl (C=O) groups is 2. The monoisotopic (exact) mass is 242 g/mol. The van der Waals surface area contributed by atoms with Gasteiger partial charge >= 0.3 is 0 Å². The summed E-state index contributed by atoms with van der Waals surface area (Å²) in [5.74, 6) is 0.0468. The zero-order valence-corrected chi connectivity index (χ0v) is 11.4. The van der Waals surface area contributed by atoms with Crippen molar-refractivity contribution in [1.82, 2.24) is 10.2 Å². The SMILES string of the molecule is CCCCC(=O)N(CCC)CC(=O)NCCC. The minimum atomic E-state index is -0.0508. The number of nitrogens with zero attached hydrogens (tertiary/aromatic N) is 1. The molecule has 4 heteroatoms. The summed E-state index contributed by atoms with van der Waals surface area (Å²) in [5, 5.41) is 2.80. The lowest BCUT2D eigenvalue weighted by Crippen LogP contribution is -2.41. The van der Waals surface area contributed by atoms with Gasteiger partial charge in [0.05, 0.1) is 6.54 Å². The maximum absolute atomic E-state index is 11.8. The summed E-state index contributed by atoms with van der Waals surface area (Å²) in [5.41, 5.74) is 0. The first-order valence-electron chi connectivity index (χ1n) is 6.70. The molecule has 0 aliphatic heterocycles. The molecule has 0 aromatic heterocycles. The fourth-order valence-electron chi connectivity index (χ4n) is 1.54. The lowest BCUT2D eigenvalue weighted by molar-refractivity contribution is -0.136. The van der Waals surface area contributed by atoms with Gasteiger partial charge in [0.15, 0.2) is 0 Å². The van der Waals surface area contributed by atoms with Crippen LogP contribution in [0.3, 0.4) is 0 Å². The first-order chi connectivity index (χ1) is 8.15. The molecule has 0 saturated carbocycles. The zero-order chi connectivity index (χ0) is 13.1. The van der Waals surface area contributed by atoms with E-state index < -0.39 is 0 Å². The molecular formula is C13H26N2O2. The third kappa shape index (κ3) is 7.77. The summed E-state index contributed by atoms with van der Waals surface area (Å²) in [7, 11) is 0. The topological polar surface area (TPSA) is 49.4 Å². The van der Waals surface area contributed by atoms with E-state index in [1.54, 1.807) is 4.90 Å². The first-order valence-corrected chi connectivity index (χ1v) is 6.70. The van der Waals surface area contributed by atoms with Crippen molar-refractivity contribution in [2.45, 2.75) is 52.9 Å². The molecule has 100 valence electrons. The van der Waals surface area contributed by atoms with Gasteiger partial charge in [-0.05, 0) is 19.3 Å². The van der Waals surface area contributed by atoms with Crippen molar-refractivity contribution in [1.29, 1.82) is 0 Å². The number of rotatable bonds is 9. The van der Waals surface area contributed by atoms with Crippen molar-refractivity contribution in [2.24, 2.45) is 0 Å². The number of amides is 2. The third-order valence-electron chi connectivity index (χ3n) is 2.50. The van der Waals surface area contributed by atoms with Crippen LogP contribution < -0.4 is 5.32 Å². The highest BCUT2D eigenvalue weighted by Gasteiger charge is 2.15. The molecule has 0 unspecified atom stereocenters. The van der Waals surface area contributed by atoms with Crippen molar-refractivity contribution in [3.8, 4) is 0 Å². The van der Waals surface area contributed by atoms with Crippen molar-refractivity contribution in [3.63, 3.8) is 0 Å². The van der Waals surface area contributed by atoms with Crippen molar-refractivity contribution in [3.05, 3.63) is 0 Å². The summed E-state index contributed by atoms with van der Waals surface area (Å²) < 4.78 is 0. The van der Waals surface area contributed by atoms with Crippen molar-refractivity contribution >= 4 is 11.8 Å². The Hall–Kier alpha value is -1.06. The lowest BCUT2D eigenvalue weighted by Gasteiger charge is -2.21. The van der Waals surface area contributed by atoms with Gasteiger partial charge in [-0.3, -0.25) is 9.59 Å². The second-order valence-electron chi connectivity index (χ2n) is 4.27. The normalized spacial score (nSPS) is 10.1. The predicted octanol–water partition coefficient (Wildman–Crippen LogP) is 1.94. The Bertz CT molecular complexity index is 229. The summed E-state index contributed by atoms with van der Waals surface area (Å²) in [6, 6.07) is 0. The summed E-state index contributed by atoms with van der Waals surface area (Å²) in [4.78, 5) is 25.1. The highest BCUT2D eigenvalue weighted by atomic mass is 16.2. The van der Waals surface area contributed by atoms with Crippen molar-refractivity contribution < 1.29 is 9.59 Å². The molecule has 0 atom stereocenters. The Morgan fingerprint density at radius 3 is 2.29 bits per heavy atom. The van der Waals surface area contributed by atoms with E-state index in [4.69, 9.17) is 0 Å². The molecule has 0 aromatic carbocycles. The van der Waals surface area contributed by atoms with Gasteiger partial charge in [-0.25, -0.2) is 0 Å². The van der Waals surface area contributed by atoms with Crippen LogP contribution in [0.2, 0.25) is 0 Å². The molecule has 0 heterocycles. The maximum atomic E-state index is 11.8. The maximum Gasteiger partial charge on any atom is 0.239 e. The molecule has 0 fully saturated rings. The number of hydrogen-bond acceptors (Lipinski definition) is 2. The molecule has 2 amide bonds. The van der Waals surface area contributed by atoms with Gasteiger partial charge in [0.1, 0.15) is 0 Å². The molecule has 0 aliphatic rings. The summed E-state index contributed by atoms with van der Waals surface area (Å²) in [6.45, 7) is 7.65. The molecule has 0 spiro atoms. The standard InChI is InChI=1S/C13H26N2O2/c1-4-7-8-13(17)15(10-6-3)11-12(16)14-9-5-2/h4-11H2,1-3H3,(H,14,16). The van der Waals surface area contributed by atoms with Crippen LogP contribution in [0.5, 0.6) is 0 Å². The number of carbonyl (C=O) groups excluding carboxylic acids is 2. The molecule has 0 aliphatic carbocycles. The van der Waals surface area contributed by atoms with E-state index >= 15 is 0 Å². The lowest BCUT2D eigenvalue weighted by atomic mass is 10.2. The molecule has 17 heavy (non-hydrogen) atoms. The molecule has 4 nitrogen and oxygen atoms in total. The van der Waals surface area contributed by atoms with Crippen LogP contribution >= 0.6 is 0 Å². The van der Waals surface area contributed by atoms with E-state index in [0.717, 1.165) is 25.7 Å². The molecule has 0 bridgehead atoms. The Morgan fingerprint density at radius 2 is 1.76 bits per heavy atom. The Balaban J connectivity index is 4.12. The minimum Gasteiger partial charge on any atom is -0.355 e. The van der Waals surface area contributed by atoms with Gasteiger partial charge in [0, 0.05) is 19.5 Å². The van der Waals surface area contributed by atoms with E-state index in [-0.39, 0.29) is 18.4 Å². The Kier molecular flexibility index (Phi) is 9.49. The molecule has 1 N–H and O–H groups in total. The van der Waals surface area contributed by atoms with E-state index in [1.165, 1.54) is 0 Å². The van der Waals surface area contributed by atoms with E-state index in [1.807, 2.05) is 13.8 Å². The van der Waals surface area contributed by atoms with E-state index in [2.05, 4.69) is 12.2 Å². The average molecular weight is 242 g/mol. The fraction of sp³-hybridized carbons (Fsp3) is 0.846. The Morgan fingerprint density at radius 1 is 1.06 bits per heavy atom. The second kappa shape index (κ2) is 10.1. The van der Waals surface area contributed by atoms with Gasteiger partial charge in [0.2, 0.25) is 11.8 Å². The molecule has 0 radical (unpaired) electrons. The molecular weight excluding hydrogens is 216 g/mol. The average Bonchev–Trinajstić information content (AvgIpc) is 2.32. The smallest absolute Gasteiger partial charge is 0.239 e. The summed E-state index contributed by atoms with van der Waals surface area (Å²) >= 11 is 0. The molecule has 0 saturated heterocycles. The van der Waals surface area contributed by atoms with Crippen LogP contribution in [0.4, 0.5) is 0 Å². The van der Waals surface area contributed by atoms with Gasteiger partial charge in [-0.1, -0.05) is 27.2 Å². The summed E-state index contributed by atoms with van der Waals surface area (Å²) in [6.07, 6.45) is 4.27. The van der Waals surface area contributed by atoms with Crippen LogP contribution in [0.1, 0.15) is 52.9 Å².